The summed E-state index contributed by atoms with van der Waals surface area (Å²) in [6, 6.07) is 0. The molecule has 1 aliphatic carbocycles. The van der Waals surface area contributed by atoms with Gasteiger partial charge in [0.25, 0.3) is 6.47 Å². The number of rotatable bonds is 2. The third-order valence-electron chi connectivity index (χ3n) is 1.26. The van der Waals surface area contributed by atoms with Crippen molar-refractivity contribution >= 4 is 6.47 Å². The molecule has 0 saturated heterocycles. The summed E-state index contributed by atoms with van der Waals surface area (Å²) in [6.07, 6.45) is 3.54. The molecule has 0 spiro atoms. The lowest BCUT2D eigenvalue weighted by Gasteiger charge is -1.91. The fraction of sp³-hybridized carbons (Fsp3) is 0.286. The third kappa shape index (κ3) is 1.42. The molecule has 0 aromatic rings. The summed E-state index contributed by atoms with van der Waals surface area (Å²) in [5, 5.41) is 0. The van der Waals surface area contributed by atoms with Gasteiger partial charge in [0.2, 0.25) is 0 Å². The van der Waals surface area contributed by atoms with Gasteiger partial charge in [0.05, 0.1) is 0 Å². The van der Waals surface area contributed by atoms with Crippen molar-refractivity contribution < 1.29 is 9.53 Å². The highest BCUT2D eigenvalue weighted by molar-refractivity contribution is 5.41. The highest BCUT2D eigenvalue weighted by atomic mass is 16.5. The van der Waals surface area contributed by atoms with E-state index in [-0.39, 0.29) is 0 Å². The molecule has 0 N–H and O–H groups in total. The Morgan fingerprint density at radius 3 is 2.89 bits per heavy atom. The molecule has 0 aliphatic heterocycles. The predicted molar refractivity (Wildman–Crippen MR) is 33.6 cm³/mol. The van der Waals surface area contributed by atoms with Crippen molar-refractivity contribution in [3.8, 4) is 0 Å². The summed E-state index contributed by atoms with van der Waals surface area (Å²) in [5.41, 5.74) is 1.03. The molecule has 9 heavy (non-hydrogen) atoms. The topological polar surface area (TPSA) is 26.3 Å². The second kappa shape index (κ2) is 2.49. The van der Waals surface area contributed by atoms with Gasteiger partial charge in [0, 0.05) is 6.42 Å². The Morgan fingerprint density at radius 2 is 2.44 bits per heavy atom. The Kier molecular flexibility index (Phi) is 1.68. The van der Waals surface area contributed by atoms with Gasteiger partial charge >= 0.3 is 0 Å². The monoisotopic (exact) mass is 124 g/mol. The lowest BCUT2D eigenvalue weighted by molar-refractivity contribution is -0.125. The molecule has 0 heterocycles. The van der Waals surface area contributed by atoms with Gasteiger partial charge in [-0.1, -0.05) is 12.2 Å². The van der Waals surface area contributed by atoms with Crippen LogP contribution in [0.3, 0.4) is 0 Å². The maximum Gasteiger partial charge on any atom is 0.298 e. The summed E-state index contributed by atoms with van der Waals surface area (Å²) in [6.45, 7) is 4.16. The van der Waals surface area contributed by atoms with Crippen molar-refractivity contribution in [2.24, 2.45) is 0 Å². The predicted octanol–water partition coefficient (Wildman–Crippen LogP) is 1.39. The molecule has 2 nitrogen and oxygen atoms in total. The largest absolute Gasteiger partial charge is 0.433 e. The van der Waals surface area contributed by atoms with Crippen LogP contribution >= 0.6 is 0 Å². The van der Waals surface area contributed by atoms with Gasteiger partial charge in [-0.3, -0.25) is 4.79 Å². The van der Waals surface area contributed by atoms with Crippen LogP contribution in [0.15, 0.2) is 24.0 Å². The van der Waals surface area contributed by atoms with Crippen LogP contribution in [-0.4, -0.2) is 6.47 Å². The van der Waals surface area contributed by atoms with Gasteiger partial charge < -0.3 is 4.74 Å². The second-order valence-electron chi connectivity index (χ2n) is 1.98. The first-order valence-corrected chi connectivity index (χ1v) is 2.81. The molecule has 48 valence electrons. The smallest absolute Gasteiger partial charge is 0.298 e. The first-order valence-electron chi connectivity index (χ1n) is 2.81. The summed E-state index contributed by atoms with van der Waals surface area (Å²) in [4.78, 5) is 9.77. The van der Waals surface area contributed by atoms with E-state index in [0.29, 0.717) is 6.47 Å². The van der Waals surface area contributed by atoms with E-state index in [4.69, 9.17) is 0 Å². The van der Waals surface area contributed by atoms with Gasteiger partial charge in [-0.25, -0.2) is 0 Å². The number of hydrogen-bond donors (Lipinski definition) is 0. The van der Waals surface area contributed by atoms with Gasteiger partial charge in [-0.2, -0.15) is 0 Å². The van der Waals surface area contributed by atoms with E-state index in [9.17, 15) is 4.79 Å². The van der Waals surface area contributed by atoms with Crippen molar-refractivity contribution in [2.75, 3.05) is 0 Å². The minimum absolute atomic E-state index is 0.449. The molecule has 0 aromatic heterocycles. The van der Waals surface area contributed by atoms with Crippen molar-refractivity contribution in [1.29, 1.82) is 0 Å². The number of carbonyl (C=O) groups excluding carboxylic acids is 1. The number of ether oxygens (including phenoxy) is 1. The molecule has 0 radical (unpaired) electrons. The zero-order chi connectivity index (χ0) is 6.69. The quantitative estimate of drug-likeness (QED) is 0.520. The Labute approximate surface area is 53.8 Å². The van der Waals surface area contributed by atoms with Crippen LogP contribution < -0.4 is 0 Å². The van der Waals surface area contributed by atoms with Crippen LogP contribution in [0.5, 0.6) is 0 Å². The molecular weight excluding hydrogens is 116 g/mol. The minimum Gasteiger partial charge on any atom is -0.433 e. The van der Waals surface area contributed by atoms with Gasteiger partial charge in [0.15, 0.2) is 0 Å². The number of hydrogen-bond acceptors (Lipinski definition) is 2. The highest BCUT2D eigenvalue weighted by Crippen LogP contribution is 2.21. The zero-order valence-corrected chi connectivity index (χ0v) is 5.09. The van der Waals surface area contributed by atoms with E-state index in [0.717, 1.165) is 24.2 Å². The standard InChI is InChI=1S/C7H8O2/c1-6-2-3-7(4-6)9-5-8/h4-5H,1-3H2. The van der Waals surface area contributed by atoms with Crippen LogP contribution in [0.1, 0.15) is 12.8 Å². The average molecular weight is 124 g/mol. The first kappa shape index (κ1) is 6.08. The maximum absolute atomic E-state index is 9.77. The van der Waals surface area contributed by atoms with E-state index < -0.39 is 0 Å². The second-order valence-corrected chi connectivity index (χ2v) is 1.98. The van der Waals surface area contributed by atoms with E-state index >= 15 is 0 Å². The maximum atomic E-state index is 9.77. The van der Waals surface area contributed by atoms with Crippen LogP contribution in [0.25, 0.3) is 0 Å². The third-order valence-corrected chi connectivity index (χ3v) is 1.26. The van der Waals surface area contributed by atoms with Crippen LogP contribution in [0, 0.1) is 0 Å². The molecule has 0 atom stereocenters. The molecule has 0 fully saturated rings. The van der Waals surface area contributed by atoms with Gasteiger partial charge in [-0.15, -0.1) is 0 Å². The molecular formula is C7H8O2. The number of carbonyl (C=O) groups is 1. The van der Waals surface area contributed by atoms with E-state index in [1.807, 2.05) is 0 Å². The zero-order valence-electron chi connectivity index (χ0n) is 5.09. The highest BCUT2D eigenvalue weighted by Gasteiger charge is 2.07. The fourth-order valence-electron chi connectivity index (χ4n) is 0.811. The summed E-state index contributed by atoms with van der Waals surface area (Å²) >= 11 is 0. The molecule has 1 aliphatic rings. The van der Waals surface area contributed by atoms with Crippen LogP contribution in [-0.2, 0) is 9.53 Å². The fourth-order valence-corrected chi connectivity index (χ4v) is 0.811. The Balaban J connectivity index is 2.51. The minimum atomic E-state index is 0.449. The Bertz CT molecular complexity index is 168. The Hall–Kier alpha value is -1.05. The van der Waals surface area contributed by atoms with Crippen molar-refractivity contribution in [3.63, 3.8) is 0 Å². The Morgan fingerprint density at radius 1 is 1.67 bits per heavy atom. The van der Waals surface area contributed by atoms with Crippen LogP contribution in [0.4, 0.5) is 0 Å². The van der Waals surface area contributed by atoms with Crippen LogP contribution in [0.2, 0.25) is 0 Å². The summed E-state index contributed by atoms with van der Waals surface area (Å²) < 4.78 is 4.59. The first-order chi connectivity index (χ1) is 4.33. The molecule has 0 aromatic carbocycles. The van der Waals surface area contributed by atoms with Crippen molar-refractivity contribution in [1.82, 2.24) is 0 Å². The summed E-state index contributed by atoms with van der Waals surface area (Å²) in [5.74, 6) is 0.731. The average Bonchev–Trinajstić information content (AvgIpc) is 2.17. The van der Waals surface area contributed by atoms with Crippen molar-refractivity contribution in [2.45, 2.75) is 12.8 Å². The van der Waals surface area contributed by atoms with Crippen molar-refractivity contribution in [3.05, 3.63) is 24.0 Å². The van der Waals surface area contributed by atoms with E-state index in [1.165, 1.54) is 0 Å². The van der Waals surface area contributed by atoms with E-state index in [1.54, 1.807) is 6.08 Å². The summed E-state index contributed by atoms with van der Waals surface area (Å²) in [7, 11) is 0. The van der Waals surface area contributed by atoms with Gasteiger partial charge in [-0.05, 0) is 12.5 Å². The van der Waals surface area contributed by atoms with E-state index in [2.05, 4.69) is 11.3 Å². The normalized spacial score (nSPS) is 17.3. The molecule has 0 bridgehead atoms. The molecule has 1 rings (SSSR count). The molecule has 0 unspecified atom stereocenters. The molecule has 0 saturated carbocycles. The molecule has 0 amide bonds. The number of allylic oxidation sites excluding steroid dienone is 3. The SMILES string of the molecule is C=C1C=C(OC=O)CC1. The molecule has 2 heteroatoms. The van der Waals surface area contributed by atoms with Gasteiger partial charge in [0.1, 0.15) is 5.76 Å². The lowest BCUT2D eigenvalue weighted by atomic mass is 10.3. The lowest BCUT2D eigenvalue weighted by Crippen LogP contribution is -1.83.